The van der Waals surface area contributed by atoms with Crippen molar-refractivity contribution in [2.45, 2.75) is 12.8 Å². The summed E-state index contributed by atoms with van der Waals surface area (Å²) in [4.78, 5) is 26.2. The van der Waals surface area contributed by atoms with E-state index < -0.39 is 0 Å². The molecular formula is C14H16N2O3. The maximum Gasteiger partial charge on any atom is 0.267 e. The monoisotopic (exact) mass is 260 g/mol. The minimum Gasteiger partial charge on any atom is -0.396 e. The molecule has 0 atom stereocenters. The Hall–Kier alpha value is -2.14. The number of aliphatic hydroxyl groups is 1. The second kappa shape index (κ2) is 6.15. The van der Waals surface area contributed by atoms with Crippen molar-refractivity contribution in [3.63, 3.8) is 0 Å². The molecule has 0 radical (unpaired) electrons. The van der Waals surface area contributed by atoms with Gasteiger partial charge >= 0.3 is 0 Å². The van der Waals surface area contributed by atoms with Crippen LogP contribution in [0.25, 0.3) is 10.8 Å². The number of pyridine rings is 1. The number of nitrogens with one attached hydrogen (secondary N) is 2. The number of fused-ring (bicyclic) bond motifs is 1. The number of unbranched alkanes of at least 4 members (excludes halogenated alkanes) is 1. The van der Waals surface area contributed by atoms with Crippen LogP contribution in [0.1, 0.15) is 23.3 Å². The van der Waals surface area contributed by atoms with E-state index in [2.05, 4.69) is 10.3 Å². The van der Waals surface area contributed by atoms with Gasteiger partial charge in [0.2, 0.25) is 0 Å². The summed E-state index contributed by atoms with van der Waals surface area (Å²) < 4.78 is 0. The lowest BCUT2D eigenvalue weighted by atomic mass is 10.1. The van der Waals surface area contributed by atoms with Gasteiger partial charge in [-0.3, -0.25) is 9.59 Å². The standard InChI is InChI=1S/C14H16N2O3/c17-8-4-3-7-15-14(19)12-9-10-5-1-2-6-11(10)13(18)16-12/h1-2,5-6,9,17H,3-4,7-8H2,(H,15,19)(H,16,18). The summed E-state index contributed by atoms with van der Waals surface area (Å²) in [7, 11) is 0. The number of H-pyrrole nitrogens is 1. The van der Waals surface area contributed by atoms with Crippen molar-refractivity contribution in [3.8, 4) is 0 Å². The summed E-state index contributed by atoms with van der Waals surface area (Å²) in [5, 5.41) is 12.7. The normalized spacial score (nSPS) is 10.6. The van der Waals surface area contributed by atoms with Gasteiger partial charge in [-0.25, -0.2) is 0 Å². The molecule has 100 valence electrons. The smallest absolute Gasteiger partial charge is 0.267 e. The molecule has 1 amide bonds. The molecule has 19 heavy (non-hydrogen) atoms. The molecule has 0 unspecified atom stereocenters. The van der Waals surface area contributed by atoms with Gasteiger partial charge in [0.1, 0.15) is 5.69 Å². The third-order valence-electron chi connectivity index (χ3n) is 2.87. The highest BCUT2D eigenvalue weighted by Gasteiger charge is 2.08. The van der Waals surface area contributed by atoms with Crippen LogP contribution < -0.4 is 10.9 Å². The van der Waals surface area contributed by atoms with E-state index in [-0.39, 0.29) is 23.8 Å². The second-order valence-corrected chi connectivity index (χ2v) is 4.29. The van der Waals surface area contributed by atoms with Gasteiger partial charge in [-0.1, -0.05) is 18.2 Å². The molecule has 0 aliphatic heterocycles. The van der Waals surface area contributed by atoms with Crippen LogP contribution in [0.4, 0.5) is 0 Å². The van der Waals surface area contributed by atoms with Crippen LogP contribution in [0.5, 0.6) is 0 Å². The van der Waals surface area contributed by atoms with Crippen LogP contribution >= 0.6 is 0 Å². The predicted molar refractivity (Wildman–Crippen MR) is 73.2 cm³/mol. The van der Waals surface area contributed by atoms with Gasteiger partial charge in [0.15, 0.2) is 0 Å². The van der Waals surface area contributed by atoms with Gasteiger partial charge in [-0.2, -0.15) is 0 Å². The minimum absolute atomic E-state index is 0.114. The van der Waals surface area contributed by atoms with E-state index in [1.54, 1.807) is 24.3 Å². The number of hydrogen-bond donors (Lipinski definition) is 3. The van der Waals surface area contributed by atoms with Crippen molar-refractivity contribution >= 4 is 16.7 Å². The summed E-state index contributed by atoms with van der Waals surface area (Å²) >= 11 is 0. The number of amides is 1. The molecule has 0 spiro atoms. The van der Waals surface area contributed by atoms with Gasteiger partial charge < -0.3 is 15.4 Å². The summed E-state index contributed by atoms with van der Waals surface area (Å²) in [6.07, 6.45) is 1.36. The highest BCUT2D eigenvalue weighted by atomic mass is 16.3. The molecule has 5 heteroatoms. The van der Waals surface area contributed by atoms with Gasteiger partial charge in [0, 0.05) is 18.5 Å². The number of carbonyl (C=O) groups is 1. The molecule has 5 nitrogen and oxygen atoms in total. The lowest BCUT2D eigenvalue weighted by Gasteiger charge is -2.05. The zero-order valence-electron chi connectivity index (χ0n) is 10.5. The third kappa shape index (κ3) is 3.20. The highest BCUT2D eigenvalue weighted by Crippen LogP contribution is 2.09. The fourth-order valence-electron chi connectivity index (χ4n) is 1.87. The van der Waals surface area contributed by atoms with Gasteiger partial charge in [-0.05, 0) is 30.4 Å². The third-order valence-corrected chi connectivity index (χ3v) is 2.87. The Balaban J connectivity index is 2.16. The lowest BCUT2D eigenvalue weighted by Crippen LogP contribution is -2.27. The van der Waals surface area contributed by atoms with Crippen LogP contribution in [-0.4, -0.2) is 29.1 Å². The largest absolute Gasteiger partial charge is 0.396 e. The Morgan fingerprint density at radius 3 is 2.84 bits per heavy atom. The Bertz CT molecular complexity index is 634. The number of hydrogen-bond acceptors (Lipinski definition) is 3. The zero-order valence-corrected chi connectivity index (χ0v) is 10.5. The summed E-state index contributed by atoms with van der Waals surface area (Å²) in [5.41, 5.74) is -0.00805. The topological polar surface area (TPSA) is 82.2 Å². The number of rotatable bonds is 5. The summed E-state index contributed by atoms with van der Waals surface area (Å²) in [6.45, 7) is 0.594. The van der Waals surface area contributed by atoms with Crippen LogP contribution in [0, 0.1) is 0 Å². The average Bonchev–Trinajstić information content (AvgIpc) is 2.43. The maximum absolute atomic E-state index is 11.9. The average molecular weight is 260 g/mol. The van der Waals surface area contributed by atoms with Crippen molar-refractivity contribution < 1.29 is 9.90 Å². The van der Waals surface area contributed by atoms with Gasteiger partial charge in [0.05, 0.1) is 0 Å². The van der Waals surface area contributed by atoms with E-state index in [0.29, 0.717) is 24.8 Å². The molecule has 0 fully saturated rings. The van der Waals surface area contributed by atoms with E-state index in [4.69, 9.17) is 5.11 Å². The number of aromatic nitrogens is 1. The molecule has 0 bridgehead atoms. The molecule has 1 heterocycles. The van der Waals surface area contributed by atoms with E-state index in [1.807, 2.05) is 6.07 Å². The Labute approximate surface area is 110 Å². The molecule has 1 aromatic heterocycles. The molecular weight excluding hydrogens is 244 g/mol. The number of carbonyl (C=O) groups excluding carboxylic acids is 1. The molecule has 3 N–H and O–H groups in total. The molecule has 0 aliphatic carbocycles. The maximum atomic E-state index is 11.9. The molecule has 1 aromatic carbocycles. The van der Waals surface area contributed by atoms with Crippen LogP contribution in [0.15, 0.2) is 35.1 Å². The molecule has 0 saturated heterocycles. The van der Waals surface area contributed by atoms with Crippen molar-refractivity contribution in [3.05, 3.63) is 46.4 Å². The van der Waals surface area contributed by atoms with Crippen LogP contribution in [0.2, 0.25) is 0 Å². The van der Waals surface area contributed by atoms with E-state index >= 15 is 0 Å². The Morgan fingerprint density at radius 2 is 2.05 bits per heavy atom. The predicted octanol–water partition coefficient (Wildman–Crippen LogP) is 1.03. The van der Waals surface area contributed by atoms with Crippen LogP contribution in [-0.2, 0) is 0 Å². The first kappa shape index (κ1) is 13.3. The number of benzene rings is 1. The number of aliphatic hydroxyl groups excluding tert-OH is 1. The lowest BCUT2D eigenvalue weighted by molar-refractivity contribution is 0.0947. The second-order valence-electron chi connectivity index (χ2n) is 4.29. The highest BCUT2D eigenvalue weighted by molar-refractivity contribution is 5.96. The quantitative estimate of drug-likeness (QED) is 0.702. The minimum atomic E-state index is -0.305. The first-order valence-electron chi connectivity index (χ1n) is 6.23. The SMILES string of the molecule is O=C(NCCCCO)c1cc2ccccc2c(=O)[nH]1. The van der Waals surface area contributed by atoms with E-state index in [1.165, 1.54) is 0 Å². The number of aromatic amines is 1. The summed E-state index contributed by atoms with van der Waals surface area (Å²) in [6, 6.07) is 8.79. The van der Waals surface area contributed by atoms with E-state index in [9.17, 15) is 9.59 Å². The molecule has 0 saturated carbocycles. The first-order valence-corrected chi connectivity index (χ1v) is 6.23. The van der Waals surface area contributed by atoms with Gasteiger partial charge in [-0.15, -0.1) is 0 Å². The summed E-state index contributed by atoms with van der Waals surface area (Å²) in [5.74, 6) is -0.305. The van der Waals surface area contributed by atoms with Crippen molar-refractivity contribution in [1.82, 2.24) is 10.3 Å². The first-order chi connectivity index (χ1) is 9.22. The van der Waals surface area contributed by atoms with Crippen molar-refractivity contribution in [2.24, 2.45) is 0 Å². The zero-order chi connectivity index (χ0) is 13.7. The van der Waals surface area contributed by atoms with Crippen LogP contribution in [0.3, 0.4) is 0 Å². The van der Waals surface area contributed by atoms with Crippen molar-refractivity contribution in [2.75, 3.05) is 13.2 Å². The fraction of sp³-hybridized carbons (Fsp3) is 0.286. The molecule has 0 aliphatic rings. The molecule has 2 rings (SSSR count). The Kier molecular flexibility index (Phi) is 4.30. The fourth-order valence-corrected chi connectivity index (χ4v) is 1.87. The van der Waals surface area contributed by atoms with Crippen molar-refractivity contribution in [1.29, 1.82) is 0 Å². The van der Waals surface area contributed by atoms with Gasteiger partial charge in [0.25, 0.3) is 11.5 Å². The molecule has 2 aromatic rings. The Morgan fingerprint density at radius 1 is 1.26 bits per heavy atom. The van der Waals surface area contributed by atoms with E-state index in [0.717, 1.165) is 5.39 Å².